The largest absolute Gasteiger partial charge is 0.347 e. The van der Waals surface area contributed by atoms with Gasteiger partial charge in [-0.1, -0.05) is 18.3 Å². The number of rotatable bonds is 2. The molecule has 1 heterocycles. The molecule has 84 valence electrons. The molecule has 1 N–H and O–H groups in total. The fraction of sp³-hybridized carbons (Fsp3) is 0.700. The molecule has 0 aliphatic carbocycles. The lowest BCUT2D eigenvalue weighted by Gasteiger charge is -2.20. The third-order valence-electron chi connectivity index (χ3n) is 1.75. The van der Waals surface area contributed by atoms with Crippen LogP contribution in [0.15, 0.2) is 0 Å². The van der Waals surface area contributed by atoms with E-state index in [0.717, 1.165) is 17.2 Å². The molecule has 5 heteroatoms. The molecule has 1 aromatic heterocycles. The number of hydrogen-bond donors (Lipinski definition) is 1. The van der Waals surface area contributed by atoms with Crippen LogP contribution < -0.4 is 5.32 Å². The summed E-state index contributed by atoms with van der Waals surface area (Å²) in [5.41, 5.74) is 0.553. The molecule has 0 saturated heterocycles. The molecule has 0 radical (unpaired) electrons. The summed E-state index contributed by atoms with van der Waals surface area (Å²) >= 11 is 1.15. The molecule has 0 saturated carbocycles. The Morgan fingerprint density at radius 2 is 2.00 bits per heavy atom. The molecule has 15 heavy (non-hydrogen) atoms. The topological polar surface area (TPSA) is 54.9 Å². The summed E-state index contributed by atoms with van der Waals surface area (Å²) in [6.45, 7) is 9.87. The van der Waals surface area contributed by atoms with Gasteiger partial charge in [0.2, 0.25) is 0 Å². The van der Waals surface area contributed by atoms with Crippen molar-refractivity contribution in [1.82, 2.24) is 14.9 Å². The second-order valence-corrected chi connectivity index (χ2v) is 5.60. The summed E-state index contributed by atoms with van der Waals surface area (Å²) in [6, 6.07) is 0. The molecule has 0 spiro atoms. The number of nitrogens with one attached hydrogen (secondary N) is 1. The number of carbonyl (C=O) groups is 1. The van der Waals surface area contributed by atoms with Gasteiger partial charge in [-0.3, -0.25) is 4.79 Å². The molecule has 0 aromatic carbocycles. The number of hydrogen-bond acceptors (Lipinski definition) is 4. The summed E-state index contributed by atoms with van der Waals surface area (Å²) in [4.78, 5) is 12.5. The highest BCUT2D eigenvalue weighted by atomic mass is 32.1. The van der Waals surface area contributed by atoms with E-state index >= 15 is 0 Å². The first-order chi connectivity index (χ1) is 6.81. The average molecular weight is 227 g/mol. The molecule has 0 bridgehead atoms. The fourth-order valence-corrected chi connectivity index (χ4v) is 1.84. The molecule has 0 aliphatic rings. The van der Waals surface area contributed by atoms with Crippen LogP contribution in [0.3, 0.4) is 0 Å². The van der Waals surface area contributed by atoms with Crippen molar-refractivity contribution >= 4 is 17.4 Å². The van der Waals surface area contributed by atoms with E-state index in [1.54, 1.807) is 0 Å². The van der Waals surface area contributed by atoms with E-state index in [0.29, 0.717) is 4.88 Å². The van der Waals surface area contributed by atoms with E-state index in [2.05, 4.69) is 14.9 Å². The molecule has 1 aromatic rings. The Labute approximate surface area is 94.3 Å². The van der Waals surface area contributed by atoms with E-state index in [-0.39, 0.29) is 17.4 Å². The lowest BCUT2D eigenvalue weighted by atomic mass is 10.1. The van der Waals surface area contributed by atoms with Gasteiger partial charge in [0.05, 0.1) is 5.69 Å². The van der Waals surface area contributed by atoms with Gasteiger partial charge in [0.25, 0.3) is 5.91 Å². The summed E-state index contributed by atoms with van der Waals surface area (Å²) in [6.07, 6.45) is 0. The lowest BCUT2D eigenvalue weighted by Crippen LogP contribution is -2.40. The van der Waals surface area contributed by atoms with Crippen molar-refractivity contribution in [3.63, 3.8) is 0 Å². The van der Waals surface area contributed by atoms with Crippen LogP contribution in [-0.2, 0) is 0 Å². The first kappa shape index (κ1) is 12.1. The predicted molar refractivity (Wildman–Crippen MR) is 61.2 cm³/mol. The Morgan fingerprint density at radius 3 is 2.47 bits per heavy atom. The van der Waals surface area contributed by atoms with Gasteiger partial charge in [0.1, 0.15) is 4.88 Å². The van der Waals surface area contributed by atoms with Crippen molar-refractivity contribution < 1.29 is 4.79 Å². The van der Waals surface area contributed by atoms with Crippen LogP contribution in [-0.4, -0.2) is 21.0 Å². The van der Waals surface area contributed by atoms with Crippen LogP contribution in [0.2, 0.25) is 0 Å². The Morgan fingerprint density at radius 1 is 1.40 bits per heavy atom. The first-order valence-corrected chi connectivity index (χ1v) is 5.73. The smallest absolute Gasteiger partial charge is 0.265 e. The van der Waals surface area contributed by atoms with Gasteiger partial charge in [-0.2, -0.15) is 0 Å². The lowest BCUT2D eigenvalue weighted by molar-refractivity contribution is 0.0922. The molecule has 0 aliphatic heterocycles. The number of amides is 1. The van der Waals surface area contributed by atoms with Gasteiger partial charge in [-0.15, -0.1) is 5.10 Å². The quantitative estimate of drug-likeness (QED) is 0.842. The number of aromatic nitrogens is 2. The SMILES string of the molecule is CC(C)c1nnsc1C(=O)NC(C)(C)C. The second-order valence-electron chi connectivity index (χ2n) is 4.85. The minimum Gasteiger partial charge on any atom is -0.347 e. The number of carbonyl (C=O) groups excluding carboxylic acids is 1. The van der Waals surface area contributed by atoms with Gasteiger partial charge in [0, 0.05) is 5.54 Å². The van der Waals surface area contributed by atoms with Gasteiger partial charge >= 0.3 is 0 Å². The van der Waals surface area contributed by atoms with Crippen LogP contribution >= 0.6 is 11.5 Å². The van der Waals surface area contributed by atoms with Crippen molar-refractivity contribution in [3.8, 4) is 0 Å². The predicted octanol–water partition coefficient (Wildman–Crippen LogP) is 2.19. The molecule has 1 amide bonds. The van der Waals surface area contributed by atoms with Gasteiger partial charge in [-0.05, 0) is 38.2 Å². The Kier molecular flexibility index (Phi) is 3.44. The normalized spacial score (nSPS) is 11.9. The monoisotopic (exact) mass is 227 g/mol. The van der Waals surface area contributed by atoms with Crippen LogP contribution in [0.1, 0.15) is 55.9 Å². The van der Waals surface area contributed by atoms with Crippen molar-refractivity contribution in [2.45, 2.75) is 46.1 Å². The zero-order valence-electron chi connectivity index (χ0n) is 9.79. The van der Waals surface area contributed by atoms with Crippen molar-refractivity contribution in [2.75, 3.05) is 0 Å². The van der Waals surface area contributed by atoms with E-state index in [1.807, 2.05) is 34.6 Å². The highest BCUT2D eigenvalue weighted by Gasteiger charge is 2.22. The minimum absolute atomic E-state index is 0.0822. The molecule has 0 atom stereocenters. The van der Waals surface area contributed by atoms with Crippen molar-refractivity contribution in [3.05, 3.63) is 10.6 Å². The van der Waals surface area contributed by atoms with E-state index in [9.17, 15) is 4.79 Å². The Balaban J connectivity index is 2.87. The zero-order valence-corrected chi connectivity index (χ0v) is 10.6. The molecule has 1 rings (SSSR count). The zero-order chi connectivity index (χ0) is 11.6. The summed E-state index contributed by atoms with van der Waals surface area (Å²) in [5.74, 6) is 0.144. The molecular weight excluding hydrogens is 210 g/mol. The molecule has 4 nitrogen and oxygen atoms in total. The maximum atomic E-state index is 11.9. The van der Waals surface area contributed by atoms with Crippen LogP contribution in [0.25, 0.3) is 0 Å². The van der Waals surface area contributed by atoms with E-state index in [4.69, 9.17) is 0 Å². The molecule has 0 unspecified atom stereocenters. The highest BCUT2D eigenvalue weighted by Crippen LogP contribution is 2.20. The van der Waals surface area contributed by atoms with E-state index in [1.165, 1.54) is 0 Å². The van der Waals surface area contributed by atoms with Crippen LogP contribution in [0, 0.1) is 0 Å². The van der Waals surface area contributed by atoms with Gasteiger partial charge < -0.3 is 5.32 Å². The van der Waals surface area contributed by atoms with E-state index < -0.39 is 0 Å². The van der Waals surface area contributed by atoms with Crippen molar-refractivity contribution in [2.24, 2.45) is 0 Å². The molecular formula is C10H17N3OS. The standard InChI is InChI=1S/C10H17N3OS/c1-6(2)7-8(15-13-12-7)9(14)11-10(3,4)5/h6H,1-5H3,(H,11,14). The van der Waals surface area contributed by atoms with Crippen molar-refractivity contribution in [1.29, 1.82) is 0 Å². The Bertz CT molecular complexity index is 352. The highest BCUT2D eigenvalue weighted by molar-refractivity contribution is 7.08. The van der Waals surface area contributed by atoms with Crippen LogP contribution in [0.5, 0.6) is 0 Å². The summed E-state index contributed by atoms with van der Waals surface area (Å²) < 4.78 is 3.83. The molecule has 0 fully saturated rings. The minimum atomic E-state index is -0.227. The fourth-order valence-electron chi connectivity index (χ4n) is 1.13. The maximum Gasteiger partial charge on any atom is 0.265 e. The third kappa shape index (κ3) is 3.27. The number of nitrogens with zero attached hydrogens (tertiary/aromatic N) is 2. The van der Waals surface area contributed by atoms with Gasteiger partial charge in [-0.25, -0.2) is 0 Å². The third-order valence-corrected chi connectivity index (χ3v) is 2.50. The Hall–Kier alpha value is -0.970. The first-order valence-electron chi connectivity index (χ1n) is 4.96. The average Bonchev–Trinajstić information content (AvgIpc) is 2.47. The van der Waals surface area contributed by atoms with Crippen LogP contribution in [0.4, 0.5) is 0 Å². The summed E-state index contributed by atoms with van der Waals surface area (Å²) in [7, 11) is 0. The maximum absolute atomic E-state index is 11.9. The second kappa shape index (κ2) is 4.26. The summed E-state index contributed by atoms with van der Waals surface area (Å²) in [5, 5.41) is 6.88. The van der Waals surface area contributed by atoms with Gasteiger partial charge in [0.15, 0.2) is 0 Å².